The third-order valence-electron chi connectivity index (χ3n) is 6.93. The predicted molar refractivity (Wildman–Crippen MR) is 149 cm³/mol. The van der Waals surface area contributed by atoms with Crippen LogP contribution in [0.4, 0.5) is 5.69 Å². The molecular weight excluding hydrogens is 550 g/mol. The molecule has 6 nitrogen and oxygen atoms in total. The van der Waals surface area contributed by atoms with Crippen molar-refractivity contribution in [3.05, 3.63) is 52.3 Å². The van der Waals surface area contributed by atoms with Crippen LogP contribution >= 0.6 is 48.0 Å². The molecule has 0 radical (unpaired) electrons. The summed E-state index contributed by atoms with van der Waals surface area (Å²) in [7, 11) is -3.49. The molecule has 0 amide bonds. The standard InChI is InChI=1S/C24H32Cl2N4O2S.2ClH/c1-18-4-9-22(24(26)23(18)25)30-15-13-29(14-16-30)12-10-19-5-7-20(8-6-19)28-33(31,32)21-3-2-11-27-17-21;;/h2-4,9,11,17,19-20,28H,5-8,10,12-16H2,1H3;2*1H. The van der Waals surface area contributed by atoms with E-state index >= 15 is 0 Å². The average Bonchev–Trinajstić information content (AvgIpc) is 2.83. The van der Waals surface area contributed by atoms with Gasteiger partial charge in [-0.2, -0.15) is 0 Å². The highest BCUT2D eigenvalue weighted by atomic mass is 35.5. The first-order chi connectivity index (χ1) is 15.8. The molecule has 35 heavy (non-hydrogen) atoms. The number of rotatable bonds is 7. The number of hydrogen-bond acceptors (Lipinski definition) is 5. The minimum atomic E-state index is -3.49. The predicted octanol–water partition coefficient (Wildman–Crippen LogP) is 5.59. The van der Waals surface area contributed by atoms with Crippen molar-refractivity contribution < 1.29 is 8.42 Å². The maximum Gasteiger partial charge on any atom is 0.242 e. The van der Waals surface area contributed by atoms with Crippen LogP contribution in [-0.4, -0.2) is 57.1 Å². The first-order valence-electron chi connectivity index (χ1n) is 11.7. The molecule has 1 N–H and O–H groups in total. The number of halogens is 4. The highest BCUT2D eigenvalue weighted by Gasteiger charge is 2.27. The van der Waals surface area contributed by atoms with E-state index in [0.29, 0.717) is 16.0 Å². The van der Waals surface area contributed by atoms with Crippen LogP contribution in [0.3, 0.4) is 0 Å². The quantitative estimate of drug-likeness (QED) is 0.460. The van der Waals surface area contributed by atoms with Crippen molar-refractivity contribution in [1.82, 2.24) is 14.6 Å². The van der Waals surface area contributed by atoms with E-state index < -0.39 is 10.0 Å². The van der Waals surface area contributed by atoms with E-state index in [1.165, 1.54) is 12.6 Å². The molecule has 196 valence electrons. The van der Waals surface area contributed by atoms with E-state index in [1.54, 1.807) is 18.3 Å². The molecule has 4 rings (SSSR count). The topological polar surface area (TPSA) is 65.5 Å². The largest absolute Gasteiger partial charge is 0.368 e. The molecular formula is C24H34Cl4N4O2S. The van der Waals surface area contributed by atoms with Crippen molar-refractivity contribution >= 4 is 63.7 Å². The van der Waals surface area contributed by atoms with Gasteiger partial charge in [0.25, 0.3) is 0 Å². The Kier molecular flexibility index (Phi) is 11.9. The van der Waals surface area contributed by atoms with Crippen LogP contribution in [0.15, 0.2) is 41.6 Å². The van der Waals surface area contributed by atoms with Gasteiger partial charge >= 0.3 is 0 Å². The van der Waals surface area contributed by atoms with Crippen molar-refractivity contribution in [2.45, 2.75) is 50.0 Å². The van der Waals surface area contributed by atoms with Crippen LogP contribution in [0.5, 0.6) is 0 Å². The molecule has 1 saturated heterocycles. The van der Waals surface area contributed by atoms with Crippen molar-refractivity contribution in [3.8, 4) is 0 Å². The van der Waals surface area contributed by atoms with Crippen molar-refractivity contribution in [2.24, 2.45) is 5.92 Å². The smallest absolute Gasteiger partial charge is 0.242 e. The molecule has 1 aromatic heterocycles. The van der Waals surface area contributed by atoms with Crippen molar-refractivity contribution in [2.75, 3.05) is 37.6 Å². The Labute approximate surface area is 231 Å². The summed E-state index contributed by atoms with van der Waals surface area (Å²) in [6, 6.07) is 7.35. The zero-order valence-corrected chi connectivity index (χ0v) is 23.8. The second kappa shape index (κ2) is 13.7. The number of sulfonamides is 1. The molecule has 1 saturated carbocycles. The Morgan fingerprint density at radius 2 is 1.69 bits per heavy atom. The van der Waals surface area contributed by atoms with Crippen LogP contribution < -0.4 is 9.62 Å². The molecule has 1 aliphatic heterocycles. The van der Waals surface area contributed by atoms with E-state index in [9.17, 15) is 8.42 Å². The van der Waals surface area contributed by atoms with E-state index in [-0.39, 0.29) is 35.8 Å². The number of anilines is 1. The summed E-state index contributed by atoms with van der Waals surface area (Å²) < 4.78 is 27.9. The number of pyridine rings is 1. The van der Waals surface area contributed by atoms with Gasteiger partial charge in [0.2, 0.25) is 10.0 Å². The van der Waals surface area contributed by atoms with Crippen molar-refractivity contribution in [3.63, 3.8) is 0 Å². The first-order valence-corrected chi connectivity index (χ1v) is 13.9. The second-order valence-corrected chi connectivity index (χ2v) is 11.6. The van der Waals surface area contributed by atoms with Gasteiger partial charge in [0.1, 0.15) is 4.90 Å². The minimum Gasteiger partial charge on any atom is -0.368 e. The van der Waals surface area contributed by atoms with Gasteiger partial charge in [-0.1, -0.05) is 29.3 Å². The Bertz CT molecular complexity index is 1040. The fraction of sp³-hybridized carbons (Fsp3) is 0.542. The third kappa shape index (κ3) is 7.84. The summed E-state index contributed by atoms with van der Waals surface area (Å²) in [5.41, 5.74) is 2.03. The highest BCUT2D eigenvalue weighted by Crippen LogP contribution is 2.35. The number of nitrogens with zero attached hydrogens (tertiary/aromatic N) is 3. The van der Waals surface area contributed by atoms with Crippen LogP contribution in [0.2, 0.25) is 10.0 Å². The van der Waals surface area contributed by atoms with Crippen LogP contribution in [-0.2, 0) is 10.0 Å². The highest BCUT2D eigenvalue weighted by molar-refractivity contribution is 7.89. The molecule has 2 heterocycles. The fourth-order valence-electron chi connectivity index (χ4n) is 4.82. The second-order valence-electron chi connectivity index (χ2n) is 9.17. The number of piperazine rings is 1. The van der Waals surface area contributed by atoms with Gasteiger partial charge in [0, 0.05) is 44.6 Å². The number of nitrogens with one attached hydrogen (secondary N) is 1. The lowest BCUT2D eigenvalue weighted by molar-refractivity contribution is 0.214. The SMILES string of the molecule is Cc1ccc(N2CCN(CCC3CCC(NS(=O)(=O)c4cccnc4)CC3)CC2)c(Cl)c1Cl.Cl.Cl. The lowest BCUT2D eigenvalue weighted by atomic mass is 9.84. The lowest BCUT2D eigenvalue weighted by Gasteiger charge is -2.37. The Hall–Kier alpha value is -0.800. The normalized spacial score (nSPS) is 21.2. The molecule has 1 aliphatic carbocycles. The zero-order valence-electron chi connectivity index (χ0n) is 19.8. The molecule has 2 fully saturated rings. The first kappa shape index (κ1) is 30.4. The summed E-state index contributed by atoms with van der Waals surface area (Å²) in [5.74, 6) is 0.660. The summed E-state index contributed by atoms with van der Waals surface area (Å²) >= 11 is 12.8. The van der Waals surface area contributed by atoms with Crippen molar-refractivity contribution in [1.29, 1.82) is 0 Å². The molecule has 1 aromatic carbocycles. The maximum absolute atomic E-state index is 12.5. The van der Waals surface area contributed by atoms with Gasteiger partial charge in [-0.05, 0) is 75.3 Å². The average molecular weight is 584 g/mol. The fourth-order valence-corrected chi connectivity index (χ4v) is 6.58. The zero-order chi connectivity index (χ0) is 23.4. The summed E-state index contributed by atoms with van der Waals surface area (Å²) in [6.07, 6.45) is 8.07. The van der Waals surface area contributed by atoms with E-state index in [4.69, 9.17) is 23.2 Å². The Morgan fingerprint density at radius 1 is 1.00 bits per heavy atom. The van der Waals surface area contributed by atoms with Gasteiger partial charge in [0.15, 0.2) is 0 Å². The van der Waals surface area contributed by atoms with Crippen LogP contribution in [0, 0.1) is 12.8 Å². The third-order valence-corrected chi connectivity index (χ3v) is 9.41. The number of aryl methyl sites for hydroxylation is 1. The molecule has 2 aliphatic rings. The molecule has 2 aromatic rings. The molecule has 0 atom stereocenters. The van der Waals surface area contributed by atoms with Crippen LogP contribution in [0.1, 0.15) is 37.7 Å². The van der Waals surface area contributed by atoms with E-state index in [1.807, 2.05) is 13.0 Å². The maximum atomic E-state index is 12.5. The molecule has 0 unspecified atom stereocenters. The Morgan fingerprint density at radius 3 is 2.31 bits per heavy atom. The summed E-state index contributed by atoms with van der Waals surface area (Å²) in [4.78, 5) is 9.00. The van der Waals surface area contributed by atoms with E-state index in [2.05, 4.69) is 25.6 Å². The Balaban J connectivity index is 0.00000216. The van der Waals surface area contributed by atoms with Crippen LogP contribution in [0.25, 0.3) is 0 Å². The summed E-state index contributed by atoms with van der Waals surface area (Å²) in [6.45, 7) is 6.99. The molecule has 0 spiro atoms. The molecule has 11 heteroatoms. The monoisotopic (exact) mass is 582 g/mol. The van der Waals surface area contributed by atoms with Gasteiger partial charge in [-0.15, -0.1) is 24.8 Å². The van der Waals surface area contributed by atoms with Gasteiger partial charge < -0.3 is 4.90 Å². The minimum absolute atomic E-state index is 0. The van der Waals surface area contributed by atoms with Gasteiger partial charge in [0.05, 0.1) is 15.7 Å². The molecule has 0 bridgehead atoms. The number of hydrogen-bond donors (Lipinski definition) is 1. The summed E-state index contributed by atoms with van der Waals surface area (Å²) in [5, 5.41) is 1.30. The van der Waals surface area contributed by atoms with Gasteiger partial charge in [-0.3, -0.25) is 9.88 Å². The number of benzene rings is 1. The van der Waals surface area contributed by atoms with Gasteiger partial charge in [-0.25, -0.2) is 13.1 Å². The lowest BCUT2D eigenvalue weighted by Crippen LogP contribution is -2.47. The van der Waals surface area contributed by atoms with E-state index in [0.717, 1.165) is 69.7 Å². The number of aromatic nitrogens is 1.